The second kappa shape index (κ2) is 7.56. The number of methoxy groups -OCH3 is 1. The van der Waals surface area contributed by atoms with Crippen LogP contribution in [0.25, 0.3) is 0 Å². The average molecular weight is 241 g/mol. The SMILES string of the molecule is CCC(=O)C(/C=N/C(C)OC)C1CCOCC1. The van der Waals surface area contributed by atoms with Crippen LogP contribution < -0.4 is 0 Å². The minimum absolute atomic E-state index is 0.0681. The van der Waals surface area contributed by atoms with E-state index < -0.39 is 0 Å². The minimum atomic E-state index is -0.179. The number of hydrogen-bond acceptors (Lipinski definition) is 4. The standard InChI is InChI=1S/C13H23NO3/c1-4-13(15)12(9-14-10(2)16-3)11-5-7-17-8-6-11/h9-12H,4-8H2,1-3H3/b14-9+. The van der Waals surface area contributed by atoms with Gasteiger partial charge in [0.2, 0.25) is 0 Å². The number of carbonyl (C=O) groups excluding carboxylic acids is 1. The molecule has 1 aliphatic rings. The van der Waals surface area contributed by atoms with Crippen LogP contribution in [0.1, 0.15) is 33.1 Å². The van der Waals surface area contributed by atoms with Gasteiger partial charge in [0.1, 0.15) is 12.0 Å². The highest BCUT2D eigenvalue weighted by atomic mass is 16.5. The number of aliphatic imine (C=N–C) groups is 1. The van der Waals surface area contributed by atoms with E-state index in [-0.39, 0.29) is 17.9 Å². The number of Topliss-reactive ketones (excluding diaryl/α,β-unsaturated/α-hetero) is 1. The van der Waals surface area contributed by atoms with Crippen LogP contribution in [0, 0.1) is 11.8 Å². The van der Waals surface area contributed by atoms with Crippen molar-refractivity contribution in [1.29, 1.82) is 0 Å². The molecule has 17 heavy (non-hydrogen) atoms. The molecular weight excluding hydrogens is 218 g/mol. The van der Waals surface area contributed by atoms with Gasteiger partial charge in [0.15, 0.2) is 0 Å². The first-order valence-corrected chi connectivity index (χ1v) is 6.35. The molecular formula is C13H23NO3. The molecule has 0 saturated carbocycles. The van der Waals surface area contributed by atoms with Crippen LogP contribution >= 0.6 is 0 Å². The first kappa shape index (κ1) is 14.3. The Kier molecular flexibility index (Phi) is 6.37. The summed E-state index contributed by atoms with van der Waals surface area (Å²) in [5.74, 6) is 0.578. The summed E-state index contributed by atoms with van der Waals surface area (Å²) in [6.07, 6.45) is 4.07. The first-order valence-electron chi connectivity index (χ1n) is 6.35. The number of rotatable bonds is 6. The summed E-state index contributed by atoms with van der Waals surface area (Å²) in [5.41, 5.74) is 0. The summed E-state index contributed by atoms with van der Waals surface area (Å²) in [6, 6.07) is 0. The summed E-state index contributed by atoms with van der Waals surface area (Å²) in [4.78, 5) is 16.2. The highest BCUT2D eigenvalue weighted by Crippen LogP contribution is 2.24. The maximum Gasteiger partial charge on any atom is 0.144 e. The maximum absolute atomic E-state index is 11.9. The smallest absolute Gasteiger partial charge is 0.144 e. The fraction of sp³-hybridized carbons (Fsp3) is 0.846. The molecule has 0 bridgehead atoms. The Morgan fingerprint density at radius 3 is 2.71 bits per heavy atom. The molecule has 1 fully saturated rings. The van der Waals surface area contributed by atoms with E-state index in [1.165, 1.54) is 0 Å². The number of nitrogens with zero attached hydrogens (tertiary/aromatic N) is 1. The molecule has 0 aromatic rings. The fourth-order valence-electron chi connectivity index (χ4n) is 2.05. The Morgan fingerprint density at radius 1 is 1.53 bits per heavy atom. The molecule has 0 spiro atoms. The van der Waals surface area contributed by atoms with Gasteiger partial charge in [-0.2, -0.15) is 0 Å². The largest absolute Gasteiger partial charge is 0.381 e. The fourth-order valence-corrected chi connectivity index (χ4v) is 2.05. The van der Waals surface area contributed by atoms with E-state index in [1.807, 2.05) is 13.8 Å². The Bertz CT molecular complexity index is 259. The van der Waals surface area contributed by atoms with E-state index in [0.717, 1.165) is 26.1 Å². The van der Waals surface area contributed by atoms with Gasteiger partial charge < -0.3 is 9.47 Å². The zero-order chi connectivity index (χ0) is 12.7. The number of ether oxygens (including phenoxy) is 2. The summed E-state index contributed by atoms with van der Waals surface area (Å²) in [7, 11) is 1.62. The molecule has 4 heteroatoms. The molecule has 0 radical (unpaired) electrons. The third kappa shape index (κ3) is 4.56. The molecule has 1 saturated heterocycles. The minimum Gasteiger partial charge on any atom is -0.381 e. The van der Waals surface area contributed by atoms with Crippen molar-refractivity contribution in [3.63, 3.8) is 0 Å². The lowest BCUT2D eigenvalue weighted by Gasteiger charge is -2.27. The Hall–Kier alpha value is -0.740. The van der Waals surface area contributed by atoms with Gasteiger partial charge >= 0.3 is 0 Å². The first-order chi connectivity index (χ1) is 8.19. The molecule has 0 aliphatic carbocycles. The predicted molar refractivity (Wildman–Crippen MR) is 67.3 cm³/mol. The van der Waals surface area contributed by atoms with Crippen LogP contribution in [-0.4, -0.2) is 38.5 Å². The molecule has 1 aliphatic heterocycles. The number of ketones is 1. The molecule has 2 atom stereocenters. The van der Waals surface area contributed by atoms with Crippen molar-refractivity contribution >= 4 is 12.0 Å². The van der Waals surface area contributed by atoms with Crippen LogP contribution in [0.4, 0.5) is 0 Å². The Labute approximate surface area is 103 Å². The van der Waals surface area contributed by atoms with Gasteiger partial charge in [0.05, 0.1) is 5.92 Å². The van der Waals surface area contributed by atoms with Gasteiger partial charge in [-0.15, -0.1) is 0 Å². The molecule has 4 nitrogen and oxygen atoms in total. The van der Waals surface area contributed by atoms with Crippen molar-refractivity contribution in [2.75, 3.05) is 20.3 Å². The lowest BCUT2D eigenvalue weighted by atomic mass is 9.83. The lowest BCUT2D eigenvalue weighted by Crippen LogP contribution is -2.30. The topological polar surface area (TPSA) is 47.9 Å². The molecule has 2 unspecified atom stereocenters. The van der Waals surface area contributed by atoms with E-state index in [1.54, 1.807) is 13.3 Å². The number of carbonyl (C=O) groups is 1. The van der Waals surface area contributed by atoms with Crippen LogP contribution in [0.3, 0.4) is 0 Å². The lowest BCUT2D eigenvalue weighted by molar-refractivity contribution is -0.122. The van der Waals surface area contributed by atoms with Gasteiger partial charge in [-0.25, -0.2) is 0 Å². The highest BCUT2D eigenvalue weighted by Gasteiger charge is 2.27. The molecule has 1 rings (SSSR count). The molecule has 0 amide bonds. The summed E-state index contributed by atoms with van der Waals surface area (Å²) >= 11 is 0. The van der Waals surface area contributed by atoms with Gasteiger partial charge in [-0.3, -0.25) is 9.79 Å². The van der Waals surface area contributed by atoms with Crippen molar-refractivity contribution in [2.45, 2.75) is 39.3 Å². The van der Waals surface area contributed by atoms with Crippen LogP contribution in [0.5, 0.6) is 0 Å². The molecule has 0 aromatic carbocycles. The van der Waals surface area contributed by atoms with E-state index in [0.29, 0.717) is 12.3 Å². The van der Waals surface area contributed by atoms with Crippen molar-refractivity contribution in [2.24, 2.45) is 16.8 Å². The van der Waals surface area contributed by atoms with Crippen LogP contribution in [0.2, 0.25) is 0 Å². The third-order valence-corrected chi connectivity index (χ3v) is 3.29. The predicted octanol–water partition coefficient (Wildman–Crippen LogP) is 2.07. The second-order valence-electron chi connectivity index (χ2n) is 4.43. The molecule has 98 valence electrons. The summed E-state index contributed by atoms with van der Waals surface area (Å²) in [6.45, 7) is 5.29. The average Bonchev–Trinajstić information content (AvgIpc) is 2.39. The van der Waals surface area contributed by atoms with Gasteiger partial charge in [-0.1, -0.05) is 6.92 Å². The maximum atomic E-state index is 11.9. The van der Waals surface area contributed by atoms with Crippen molar-refractivity contribution < 1.29 is 14.3 Å². The highest BCUT2D eigenvalue weighted by molar-refractivity contribution is 5.95. The normalized spacial score (nSPS) is 21.6. The second-order valence-corrected chi connectivity index (χ2v) is 4.43. The van der Waals surface area contributed by atoms with Crippen molar-refractivity contribution in [3.8, 4) is 0 Å². The van der Waals surface area contributed by atoms with E-state index >= 15 is 0 Å². The summed E-state index contributed by atoms with van der Waals surface area (Å²) < 4.78 is 10.4. The van der Waals surface area contributed by atoms with Crippen LogP contribution in [-0.2, 0) is 14.3 Å². The van der Waals surface area contributed by atoms with E-state index in [4.69, 9.17) is 9.47 Å². The Balaban J connectivity index is 2.65. The molecule has 0 aromatic heterocycles. The van der Waals surface area contributed by atoms with Crippen molar-refractivity contribution in [3.05, 3.63) is 0 Å². The van der Waals surface area contributed by atoms with Gasteiger partial charge in [0, 0.05) is 33.0 Å². The summed E-state index contributed by atoms with van der Waals surface area (Å²) in [5, 5.41) is 0. The Morgan fingerprint density at radius 2 is 2.18 bits per heavy atom. The van der Waals surface area contributed by atoms with Gasteiger partial charge in [0.25, 0.3) is 0 Å². The van der Waals surface area contributed by atoms with Gasteiger partial charge in [-0.05, 0) is 25.7 Å². The van der Waals surface area contributed by atoms with Crippen molar-refractivity contribution in [1.82, 2.24) is 0 Å². The zero-order valence-corrected chi connectivity index (χ0v) is 11.0. The monoisotopic (exact) mass is 241 g/mol. The molecule has 0 N–H and O–H groups in total. The zero-order valence-electron chi connectivity index (χ0n) is 11.0. The quantitative estimate of drug-likeness (QED) is 0.669. The number of hydrogen-bond donors (Lipinski definition) is 0. The van der Waals surface area contributed by atoms with E-state index in [9.17, 15) is 4.79 Å². The van der Waals surface area contributed by atoms with E-state index in [2.05, 4.69) is 4.99 Å². The molecule has 1 heterocycles. The van der Waals surface area contributed by atoms with Crippen LogP contribution in [0.15, 0.2) is 4.99 Å². The third-order valence-electron chi connectivity index (χ3n) is 3.29.